The molecule has 0 atom stereocenters. The Morgan fingerprint density at radius 2 is 2.16 bits per heavy atom. The average molecular weight is 261 g/mol. The first-order valence-corrected chi connectivity index (χ1v) is 5.96. The maximum Gasteiger partial charge on any atom is 0.137 e. The van der Waals surface area contributed by atoms with Crippen LogP contribution in [0.25, 0.3) is 0 Å². The zero-order chi connectivity index (χ0) is 14.2. The lowest BCUT2D eigenvalue weighted by Crippen LogP contribution is -2.23. The number of nitrogens with two attached hydrogens (primary N) is 1. The molecule has 0 amide bonds. The fourth-order valence-corrected chi connectivity index (χ4v) is 2.30. The van der Waals surface area contributed by atoms with Crippen molar-refractivity contribution in [2.45, 2.75) is 13.5 Å². The highest BCUT2D eigenvalue weighted by Crippen LogP contribution is 2.22. The van der Waals surface area contributed by atoms with Gasteiger partial charge in [0.15, 0.2) is 0 Å². The van der Waals surface area contributed by atoms with Gasteiger partial charge in [-0.1, -0.05) is 0 Å². The molecule has 2 heterocycles. The molecule has 7 nitrogen and oxygen atoms in total. The Morgan fingerprint density at radius 1 is 1.47 bits per heavy atom. The molecule has 0 unspecified atom stereocenters. The summed E-state index contributed by atoms with van der Waals surface area (Å²) in [7, 11) is 5.70. The smallest absolute Gasteiger partial charge is 0.137 e. The van der Waals surface area contributed by atoms with Crippen molar-refractivity contribution in [3.63, 3.8) is 0 Å². The maximum absolute atomic E-state index is 7.69. The summed E-state index contributed by atoms with van der Waals surface area (Å²) in [5, 5.41) is 16.2. The summed E-state index contributed by atoms with van der Waals surface area (Å²) in [5.74, 6) is 0.882. The van der Waals surface area contributed by atoms with E-state index in [2.05, 4.69) is 10.2 Å². The minimum atomic E-state index is 0.0404. The summed E-state index contributed by atoms with van der Waals surface area (Å²) < 4.78 is 3.52. The molecule has 0 fully saturated rings. The van der Waals surface area contributed by atoms with E-state index in [9.17, 15) is 0 Å². The molecule has 0 aliphatic rings. The summed E-state index contributed by atoms with van der Waals surface area (Å²) in [6.45, 7) is 2.55. The van der Waals surface area contributed by atoms with Crippen LogP contribution in [-0.2, 0) is 20.6 Å². The summed E-state index contributed by atoms with van der Waals surface area (Å²) in [6, 6.07) is 0. The highest BCUT2D eigenvalue weighted by Gasteiger charge is 2.19. The van der Waals surface area contributed by atoms with Crippen molar-refractivity contribution >= 4 is 11.7 Å². The number of hydrogen-bond acceptors (Lipinski definition) is 4. The average Bonchev–Trinajstić information content (AvgIpc) is 2.82. The van der Waals surface area contributed by atoms with E-state index in [0.717, 1.165) is 17.1 Å². The molecule has 2 aromatic heterocycles. The second kappa shape index (κ2) is 4.75. The van der Waals surface area contributed by atoms with Crippen molar-refractivity contribution in [2.75, 3.05) is 11.9 Å². The second-order valence-electron chi connectivity index (χ2n) is 4.70. The highest BCUT2D eigenvalue weighted by atomic mass is 15.4. The van der Waals surface area contributed by atoms with Gasteiger partial charge in [0, 0.05) is 39.4 Å². The molecular formula is C12H19N7. The Morgan fingerprint density at radius 3 is 2.68 bits per heavy atom. The number of amidine groups is 1. The number of nitrogens with zero attached hydrogens (tertiary/aromatic N) is 5. The van der Waals surface area contributed by atoms with E-state index >= 15 is 0 Å². The molecule has 19 heavy (non-hydrogen) atoms. The molecule has 0 aliphatic carbocycles. The minimum Gasteiger partial charge on any atom is -0.384 e. The van der Waals surface area contributed by atoms with E-state index in [-0.39, 0.29) is 5.84 Å². The first-order valence-electron chi connectivity index (χ1n) is 5.96. The quantitative estimate of drug-likeness (QED) is 0.615. The third kappa shape index (κ3) is 2.44. The number of hydrogen-bond donors (Lipinski definition) is 2. The number of rotatable bonds is 4. The predicted molar refractivity (Wildman–Crippen MR) is 74.3 cm³/mol. The van der Waals surface area contributed by atoms with Crippen molar-refractivity contribution in [1.29, 1.82) is 5.41 Å². The van der Waals surface area contributed by atoms with Gasteiger partial charge in [0.2, 0.25) is 0 Å². The van der Waals surface area contributed by atoms with Gasteiger partial charge in [-0.15, -0.1) is 0 Å². The van der Waals surface area contributed by atoms with Crippen molar-refractivity contribution in [1.82, 2.24) is 19.6 Å². The van der Waals surface area contributed by atoms with Crippen LogP contribution in [0.2, 0.25) is 0 Å². The number of aromatic nitrogens is 4. The molecule has 102 valence electrons. The number of nitrogen functional groups attached to an aromatic ring is 1. The van der Waals surface area contributed by atoms with Crippen molar-refractivity contribution in [2.24, 2.45) is 19.8 Å². The Hall–Kier alpha value is -2.31. The van der Waals surface area contributed by atoms with Gasteiger partial charge in [0.1, 0.15) is 11.7 Å². The van der Waals surface area contributed by atoms with Gasteiger partial charge in [-0.05, 0) is 6.92 Å². The van der Waals surface area contributed by atoms with E-state index in [1.165, 1.54) is 0 Å². The predicted octanol–water partition coefficient (Wildman–Crippen LogP) is 0.382. The van der Waals surface area contributed by atoms with E-state index in [4.69, 9.17) is 11.1 Å². The monoisotopic (exact) mass is 261 g/mol. The molecule has 2 aromatic rings. The van der Waals surface area contributed by atoms with Crippen molar-refractivity contribution in [3.8, 4) is 0 Å². The van der Waals surface area contributed by atoms with Gasteiger partial charge >= 0.3 is 0 Å². The Bertz CT molecular complexity index is 608. The Balaban J connectivity index is 2.33. The first-order chi connectivity index (χ1) is 8.90. The molecule has 0 saturated carbocycles. The van der Waals surface area contributed by atoms with Gasteiger partial charge in [-0.25, -0.2) is 0 Å². The highest BCUT2D eigenvalue weighted by molar-refractivity contribution is 6.00. The zero-order valence-corrected chi connectivity index (χ0v) is 11.7. The third-order valence-corrected chi connectivity index (χ3v) is 3.00. The van der Waals surface area contributed by atoms with E-state index in [1.54, 1.807) is 9.36 Å². The SMILES string of the molecule is Cc1nn(C)c(N(C)Cc2cnn(C)c2)c1C(=N)N. The standard InChI is InChI=1S/C12H19N7/c1-8-10(11(13)14)12(19(4)16-8)17(2)6-9-5-15-18(3)7-9/h5,7H,6H2,1-4H3,(H3,13,14). The van der Waals surface area contributed by atoms with Crippen LogP contribution < -0.4 is 10.6 Å². The molecule has 0 spiro atoms. The van der Waals surface area contributed by atoms with Crippen LogP contribution in [0, 0.1) is 12.3 Å². The molecule has 0 bridgehead atoms. The van der Waals surface area contributed by atoms with Crippen molar-refractivity contribution in [3.05, 3.63) is 29.2 Å². The zero-order valence-electron chi connectivity index (χ0n) is 11.7. The lowest BCUT2D eigenvalue weighted by atomic mass is 10.2. The van der Waals surface area contributed by atoms with Gasteiger partial charge in [-0.2, -0.15) is 10.2 Å². The Labute approximate surface area is 112 Å². The lowest BCUT2D eigenvalue weighted by molar-refractivity contribution is 0.726. The van der Waals surface area contributed by atoms with Crippen LogP contribution in [0.5, 0.6) is 0 Å². The fraction of sp³-hybridized carbons (Fsp3) is 0.417. The van der Waals surface area contributed by atoms with Crippen LogP contribution in [0.4, 0.5) is 5.82 Å². The Kier molecular flexibility index (Phi) is 3.28. The van der Waals surface area contributed by atoms with Crippen LogP contribution in [-0.4, -0.2) is 32.4 Å². The minimum absolute atomic E-state index is 0.0404. The van der Waals surface area contributed by atoms with E-state index < -0.39 is 0 Å². The maximum atomic E-state index is 7.69. The lowest BCUT2D eigenvalue weighted by Gasteiger charge is -2.20. The van der Waals surface area contributed by atoms with Crippen LogP contribution in [0.3, 0.4) is 0 Å². The molecule has 2 rings (SSSR count). The first kappa shape index (κ1) is 13.1. The fourth-order valence-electron chi connectivity index (χ4n) is 2.30. The molecule has 3 N–H and O–H groups in total. The second-order valence-corrected chi connectivity index (χ2v) is 4.70. The van der Waals surface area contributed by atoms with Gasteiger partial charge in [-0.3, -0.25) is 14.8 Å². The summed E-state index contributed by atoms with van der Waals surface area (Å²) in [5.41, 5.74) is 8.20. The summed E-state index contributed by atoms with van der Waals surface area (Å²) >= 11 is 0. The molecule has 0 aromatic carbocycles. The van der Waals surface area contributed by atoms with E-state index in [0.29, 0.717) is 12.1 Å². The van der Waals surface area contributed by atoms with Crippen molar-refractivity contribution < 1.29 is 0 Å². The van der Waals surface area contributed by atoms with Crippen LogP contribution in [0.15, 0.2) is 12.4 Å². The van der Waals surface area contributed by atoms with Gasteiger partial charge < -0.3 is 10.6 Å². The number of nitrogens with one attached hydrogen (secondary N) is 1. The summed E-state index contributed by atoms with van der Waals surface area (Å²) in [4.78, 5) is 2.02. The molecule has 0 aliphatic heterocycles. The van der Waals surface area contributed by atoms with E-state index in [1.807, 2.05) is 45.4 Å². The molecule has 0 saturated heterocycles. The summed E-state index contributed by atoms with van der Waals surface area (Å²) in [6.07, 6.45) is 3.79. The topological polar surface area (TPSA) is 88.8 Å². The number of aryl methyl sites for hydroxylation is 3. The third-order valence-electron chi connectivity index (χ3n) is 3.00. The normalized spacial score (nSPS) is 10.7. The largest absolute Gasteiger partial charge is 0.384 e. The molecule has 7 heteroatoms. The van der Waals surface area contributed by atoms with Gasteiger partial charge in [0.05, 0.1) is 17.5 Å². The molecular weight excluding hydrogens is 242 g/mol. The molecule has 0 radical (unpaired) electrons. The number of anilines is 1. The van der Waals surface area contributed by atoms with Crippen LogP contribution >= 0.6 is 0 Å². The van der Waals surface area contributed by atoms with Crippen LogP contribution in [0.1, 0.15) is 16.8 Å². The van der Waals surface area contributed by atoms with Gasteiger partial charge in [0.25, 0.3) is 0 Å².